The van der Waals surface area contributed by atoms with Gasteiger partial charge in [-0.25, -0.2) is 0 Å². The molecule has 0 aliphatic carbocycles. The SMILES string of the molecule is CN=C(NCc1cccc(C(F)(F)F)c1)NCC1CN(C)CCO1.I. The third-order valence-corrected chi connectivity index (χ3v) is 3.78. The quantitative estimate of drug-likeness (QED) is 0.402. The van der Waals surface area contributed by atoms with E-state index in [1.165, 1.54) is 6.07 Å². The molecule has 1 atom stereocenters. The van der Waals surface area contributed by atoms with E-state index in [9.17, 15) is 13.2 Å². The molecule has 1 heterocycles. The van der Waals surface area contributed by atoms with E-state index in [1.807, 2.05) is 7.05 Å². The van der Waals surface area contributed by atoms with E-state index in [0.717, 1.165) is 25.2 Å². The Balaban J connectivity index is 0.00000312. The standard InChI is InChI=1S/C16H23F3N4O.HI/c1-20-15(22-10-14-11-23(2)6-7-24-14)21-9-12-4-3-5-13(8-12)16(17,18)19;/h3-5,8,14H,6-7,9-11H2,1-2H3,(H2,20,21,22);1H. The summed E-state index contributed by atoms with van der Waals surface area (Å²) >= 11 is 0. The average molecular weight is 472 g/mol. The third kappa shape index (κ3) is 7.37. The van der Waals surface area contributed by atoms with Gasteiger partial charge in [0.05, 0.1) is 18.3 Å². The van der Waals surface area contributed by atoms with Gasteiger partial charge >= 0.3 is 6.18 Å². The van der Waals surface area contributed by atoms with Crippen molar-refractivity contribution in [3.8, 4) is 0 Å². The number of likely N-dealkylation sites (N-methyl/N-ethyl adjacent to an activating group) is 1. The zero-order valence-corrected chi connectivity index (χ0v) is 16.6. The molecule has 1 unspecified atom stereocenters. The fraction of sp³-hybridized carbons (Fsp3) is 0.562. The normalized spacial score (nSPS) is 19.2. The molecule has 2 N–H and O–H groups in total. The van der Waals surface area contributed by atoms with Gasteiger partial charge in [0.25, 0.3) is 0 Å². The highest BCUT2D eigenvalue weighted by Gasteiger charge is 2.30. The van der Waals surface area contributed by atoms with Crippen molar-refractivity contribution in [1.29, 1.82) is 0 Å². The summed E-state index contributed by atoms with van der Waals surface area (Å²) in [5.41, 5.74) is -0.107. The van der Waals surface area contributed by atoms with E-state index in [2.05, 4.69) is 20.5 Å². The number of halogens is 4. The summed E-state index contributed by atoms with van der Waals surface area (Å²) in [6, 6.07) is 5.25. The lowest BCUT2D eigenvalue weighted by Crippen LogP contribution is -2.48. The fourth-order valence-corrected chi connectivity index (χ4v) is 2.46. The number of hydrogen-bond acceptors (Lipinski definition) is 3. The lowest BCUT2D eigenvalue weighted by molar-refractivity contribution is -0.137. The fourth-order valence-electron chi connectivity index (χ4n) is 2.46. The van der Waals surface area contributed by atoms with Gasteiger partial charge in [0.15, 0.2) is 5.96 Å². The van der Waals surface area contributed by atoms with Gasteiger partial charge < -0.3 is 20.3 Å². The van der Waals surface area contributed by atoms with Gasteiger partial charge in [-0.1, -0.05) is 12.1 Å². The highest BCUT2D eigenvalue weighted by Crippen LogP contribution is 2.29. The Bertz CT molecular complexity index is 569. The zero-order valence-electron chi connectivity index (χ0n) is 14.3. The van der Waals surface area contributed by atoms with Gasteiger partial charge in [-0.2, -0.15) is 13.2 Å². The van der Waals surface area contributed by atoms with Gasteiger partial charge in [-0.3, -0.25) is 4.99 Å². The van der Waals surface area contributed by atoms with Crippen LogP contribution in [0.15, 0.2) is 29.3 Å². The molecule has 0 amide bonds. The van der Waals surface area contributed by atoms with E-state index < -0.39 is 11.7 Å². The number of guanidine groups is 1. The first-order valence-electron chi connectivity index (χ1n) is 7.79. The van der Waals surface area contributed by atoms with Crippen molar-refractivity contribution in [2.75, 3.05) is 40.3 Å². The monoisotopic (exact) mass is 472 g/mol. The number of benzene rings is 1. The van der Waals surface area contributed by atoms with Crippen LogP contribution >= 0.6 is 24.0 Å². The number of ether oxygens (including phenoxy) is 1. The highest BCUT2D eigenvalue weighted by atomic mass is 127. The van der Waals surface area contributed by atoms with E-state index in [4.69, 9.17) is 4.74 Å². The number of rotatable bonds is 4. The Morgan fingerprint density at radius 3 is 2.76 bits per heavy atom. The largest absolute Gasteiger partial charge is 0.416 e. The average Bonchev–Trinajstić information content (AvgIpc) is 2.54. The molecule has 1 fully saturated rings. The summed E-state index contributed by atoms with van der Waals surface area (Å²) in [6.07, 6.45) is -4.27. The number of nitrogens with zero attached hydrogens (tertiary/aromatic N) is 2. The maximum atomic E-state index is 12.7. The van der Waals surface area contributed by atoms with Gasteiger partial charge in [0, 0.05) is 33.2 Å². The molecular weight excluding hydrogens is 448 g/mol. The van der Waals surface area contributed by atoms with E-state index in [-0.39, 0.29) is 36.6 Å². The highest BCUT2D eigenvalue weighted by molar-refractivity contribution is 14.0. The van der Waals surface area contributed by atoms with Crippen LogP contribution in [0.2, 0.25) is 0 Å². The Kier molecular flexibility index (Phi) is 8.94. The molecular formula is C16H24F3IN4O. The van der Waals surface area contributed by atoms with Gasteiger partial charge in [0.1, 0.15) is 0 Å². The summed E-state index contributed by atoms with van der Waals surface area (Å²) < 4.78 is 43.8. The molecule has 25 heavy (non-hydrogen) atoms. The van der Waals surface area contributed by atoms with Crippen LogP contribution in [0.1, 0.15) is 11.1 Å². The zero-order chi connectivity index (χ0) is 17.6. The number of hydrogen-bond donors (Lipinski definition) is 2. The van der Waals surface area contributed by atoms with Crippen LogP contribution in [0.3, 0.4) is 0 Å². The number of morpholine rings is 1. The second-order valence-electron chi connectivity index (χ2n) is 5.76. The number of aliphatic imine (C=N–C) groups is 1. The van der Waals surface area contributed by atoms with Crippen LogP contribution in [-0.4, -0.2) is 57.3 Å². The molecule has 5 nitrogen and oxygen atoms in total. The lowest BCUT2D eigenvalue weighted by atomic mass is 10.1. The molecule has 0 saturated carbocycles. The first kappa shape index (κ1) is 22.0. The van der Waals surface area contributed by atoms with Crippen molar-refractivity contribution in [2.45, 2.75) is 18.8 Å². The minimum Gasteiger partial charge on any atom is -0.374 e. The molecule has 0 aromatic heterocycles. The van der Waals surface area contributed by atoms with Crippen LogP contribution in [0.5, 0.6) is 0 Å². The van der Waals surface area contributed by atoms with Gasteiger partial charge in [0.2, 0.25) is 0 Å². The molecule has 1 aromatic rings. The Hall–Kier alpha value is -1.07. The summed E-state index contributed by atoms with van der Waals surface area (Å²) in [4.78, 5) is 6.27. The second-order valence-corrected chi connectivity index (χ2v) is 5.76. The molecule has 0 radical (unpaired) electrons. The molecule has 142 valence electrons. The first-order valence-corrected chi connectivity index (χ1v) is 7.79. The maximum absolute atomic E-state index is 12.7. The van der Waals surface area contributed by atoms with Crippen LogP contribution < -0.4 is 10.6 Å². The molecule has 1 aliphatic rings. The van der Waals surface area contributed by atoms with Crippen LogP contribution in [-0.2, 0) is 17.5 Å². The van der Waals surface area contributed by atoms with E-state index in [1.54, 1.807) is 13.1 Å². The predicted molar refractivity (Wildman–Crippen MR) is 102 cm³/mol. The molecule has 1 aromatic carbocycles. The Labute approximate surface area is 163 Å². The molecule has 9 heteroatoms. The van der Waals surface area contributed by atoms with Crippen molar-refractivity contribution in [2.24, 2.45) is 4.99 Å². The topological polar surface area (TPSA) is 48.9 Å². The first-order chi connectivity index (χ1) is 11.4. The number of nitrogens with one attached hydrogen (secondary N) is 2. The molecule has 2 rings (SSSR count). The van der Waals surface area contributed by atoms with Crippen molar-refractivity contribution >= 4 is 29.9 Å². The van der Waals surface area contributed by atoms with Crippen LogP contribution in [0.25, 0.3) is 0 Å². The Morgan fingerprint density at radius 1 is 1.36 bits per heavy atom. The summed E-state index contributed by atoms with van der Waals surface area (Å²) in [5.74, 6) is 0.532. The van der Waals surface area contributed by atoms with Gasteiger partial charge in [-0.05, 0) is 24.7 Å². The van der Waals surface area contributed by atoms with Crippen LogP contribution in [0.4, 0.5) is 13.2 Å². The van der Waals surface area contributed by atoms with Crippen molar-refractivity contribution in [3.63, 3.8) is 0 Å². The summed E-state index contributed by atoms with van der Waals surface area (Å²) in [6.45, 7) is 3.29. The van der Waals surface area contributed by atoms with E-state index >= 15 is 0 Å². The van der Waals surface area contributed by atoms with Crippen molar-refractivity contribution in [3.05, 3.63) is 35.4 Å². The lowest BCUT2D eigenvalue weighted by Gasteiger charge is -2.30. The van der Waals surface area contributed by atoms with Gasteiger partial charge in [-0.15, -0.1) is 24.0 Å². The predicted octanol–water partition coefficient (Wildman–Crippen LogP) is 2.32. The maximum Gasteiger partial charge on any atom is 0.416 e. The summed E-state index contributed by atoms with van der Waals surface area (Å²) in [5, 5.41) is 6.16. The van der Waals surface area contributed by atoms with Crippen molar-refractivity contribution < 1.29 is 17.9 Å². The molecule has 1 aliphatic heterocycles. The van der Waals surface area contributed by atoms with E-state index in [0.29, 0.717) is 24.7 Å². The van der Waals surface area contributed by atoms with Crippen molar-refractivity contribution in [1.82, 2.24) is 15.5 Å². The molecule has 0 spiro atoms. The smallest absolute Gasteiger partial charge is 0.374 e. The molecule has 0 bridgehead atoms. The minimum atomic E-state index is -4.33. The third-order valence-electron chi connectivity index (χ3n) is 3.78. The minimum absolute atomic E-state index is 0. The molecule has 1 saturated heterocycles. The number of alkyl halides is 3. The Morgan fingerprint density at radius 2 is 2.12 bits per heavy atom. The van der Waals surface area contributed by atoms with Crippen LogP contribution in [0, 0.1) is 0 Å². The second kappa shape index (κ2) is 10.2. The summed E-state index contributed by atoms with van der Waals surface area (Å²) in [7, 11) is 3.66.